The van der Waals surface area contributed by atoms with Crippen LogP contribution in [0.2, 0.25) is 5.02 Å². The molecule has 0 radical (unpaired) electrons. The van der Waals surface area contributed by atoms with Crippen LogP contribution in [0.4, 0.5) is 0 Å². The Morgan fingerprint density at radius 1 is 1.16 bits per heavy atom. The van der Waals surface area contributed by atoms with Gasteiger partial charge in [0.1, 0.15) is 0 Å². The fraction of sp³-hybridized carbons (Fsp3) is 0.286. The van der Waals surface area contributed by atoms with E-state index in [4.69, 9.17) is 11.6 Å². The fourth-order valence-corrected chi connectivity index (χ4v) is 3.32. The summed E-state index contributed by atoms with van der Waals surface area (Å²) in [6, 6.07) is 15.4. The molecule has 3 aromatic rings. The highest BCUT2D eigenvalue weighted by Gasteiger charge is 2.16. The zero-order valence-electron chi connectivity index (χ0n) is 14.3. The van der Waals surface area contributed by atoms with Crippen molar-refractivity contribution in [3.05, 3.63) is 70.9 Å². The van der Waals surface area contributed by atoms with Gasteiger partial charge in [-0.05, 0) is 37.5 Å². The summed E-state index contributed by atoms with van der Waals surface area (Å²) in [5.74, 6) is 0.0681. The molecule has 4 heteroatoms. The van der Waals surface area contributed by atoms with Gasteiger partial charge in [-0.25, -0.2) is 0 Å². The number of aliphatic hydroxyl groups is 1. The molecule has 0 amide bonds. The number of aliphatic hydroxyl groups excluding tert-OH is 1. The average molecular weight is 356 g/mol. The summed E-state index contributed by atoms with van der Waals surface area (Å²) < 4.78 is 2.11. The molecule has 1 atom stereocenters. The van der Waals surface area contributed by atoms with Gasteiger partial charge < -0.3 is 9.67 Å². The van der Waals surface area contributed by atoms with Gasteiger partial charge >= 0.3 is 0 Å². The maximum absolute atomic E-state index is 12.9. The highest BCUT2D eigenvalue weighted by molar-refractivity contribution is 6.31. The number of rotatable bonds is 7. The first kappa shape index (κ1) is 17.7. The summed E-state index contributed by atoms with van der Waals surface area (Å²) in [5.41, 5.74) is 2.63. The van der Waals surface area contributed by atoms with Crippen LogP contribution < -0.4 is 0 Å². The number of carbonyl (C=O) groups excluding carboxylic acids is 1. The monoisotopic (exact) mass is 355 g/mol. The molecule has 0 spiro atoms. The number of para-hydroxylation sites is 1. The quantitative estimate of drug-likeness (QED) is 0.613. The Hall–Kier alpha value is -2.10. The van der Waals surface area contributed by atoms with Gasteiger partial charge in [0.25, 0.3) is 0 Å². The van der Waals surface area contributed by atoms with Crippen LogP contribution in [0.3, 0.4) is 0 Å². The predicted octanol–water partition coefficient (Wildman–Crippen LogP) is 4.88. The Balaban J connectivity index is 1.88. The number of carbonyl (C=O) groups is 1. The molecule has 3 rings (SSSR count). The van der Waals surface area contributed by atoms with Gasteiger partial charge in [0, 0.05) is 40.7 Å². The first-order valence-corrected chi connectivity index (χ1v) is 8.96. The second-order valence-electron chi connectivity index (χ2n) is 6.44. The molecule has 3 nitrogen and oxygen atoms in total. The zero-order chi connectivity index (χ0) is 17.8. The summed E-state index contributed by atoms with van der Waals surface area (Å²) in [6.07, 6.45) is 3.54. The molecule has 1 heterocycles. The molecule has 0 aliphatic rings. The minimum absolute atomic E-state index is 0.0681. The number of halogens is 1. The van der Waals surface area contributed by atoms with E-state index in [1.807, 2.05) is 54.7 Å². The highest BCUT2D eigenvalue weighted by atomic mass is 35.5. The number of Topliss-reactive ketones (excluding diaryl/α,β-unsaturated/α-hetero) is 1. The van der Waals surface area contributed by atoms with E-state index in [2.05, 4.69) is 4.57 Å². The van der Waals surface area contributed by atoms with Gasteiger partial charge in [-0.1, -0.05) is 48.0 Å². The van der Waals surface area contributed by atoms with E-state index in [0.29, 0.717) is 11.4 Å². The lowest BCUT2D eigenvalue weighted by molar-refractivity contribution is 0.0994. The number of benzene rings is 2. The molecular weight excluding hydrogens is 334 g/mol. The molecule has 0 saturated carbocycles. The van der Waals surface area contributed by atoms with Gasteiger partial charge in [0.15, 0.2) is 5.78 Å². The number of ketones is 1. The predicted molar refractivity (Wildman–Crippen MR) is 102 cm³/mol. The van der Waals surface area contributed by atoms with Crippen LogP contribution in [0.5, 0.6) is 0 Å². The van der Waals surface area contributed by atoms with Crippen molar-refractivity contribution in [2.24, 2.45) is 0 Å². The van der Waals surface area contributed by atoms with E-state index < -0.39 is 0 Å². The Kier molecular flexibility index (Phi) is 5.57. The minimum atomic E-state index is -0.303. The molecule has 0 unspecified atom stereocenters. The molecular formula is C21H22ClNO2. The first-order chi connectivity index (χ1) is 12.1. The Labute approximate surface area is 152 Å². The average Bonchev–Trinajstić information content (AvgIpc) is 2.96. The van der Waals surface area contributed by atoms with Gasteiger partial charge in [-0.2, -0.15) is 0 Å². The van der Waals surface area contributed by atoms with Crippen molar-refractivity contribution in [1.82, 2.24) is 4.57 Å². The van der Waals surface area contributed by atoms with Crippen molar-refractivity contribution >= 4 is 28.3 Å². The lowest BCUT2D eigenvalue weighted by Crippen LogP contribution is -2.05. The third-order valence-corrected chi connectivity index (χ3v) is 4.79. The van der Waals surface area contributed by atoms with Crippen molar-refractivity contribution in [2.45, 2.75) is 38.8 Å². The maximum atomic E-state index is 12.9. The van der Waals surface area contributed by atoms with E-state index in [1.165, 1.54) is 0 Å². The van der Waals surface area contributed by atoms with Crippen LogP contribution in [0.1, 0.15) is 35.7 Å². The fourth-order valence-electron chi connectivity index (χ4n) is 3.12. The van der Waals surface area contributed by atoms with E-state index in [0.717, 1.165) is 41.4 Å². The van der Waals surface area contributed by atoms with Crippen molar-refractivity contribution in [3.63, 3.8) is 0 Å². The normalized spacial score (nSPS) is 12.4. The third kappa shape index (κ3) is 4.12. The zero-order valence-corrected chi connectivity index (χ0v) is 15.0. The number of aryl methyl sites for hydroxylation is 1. The molecule has 0 bridgehead atoms. The summed E-state index contributed by atoms with van der Waals surface area (Å²) >= 11 is 6.20. The van der Waals surface area contributed by atoms with E-state index >= 15 is 0 Å². The second-order valence-corrected chi connectivity index (χ2v) is 6.84. The Morgan fingerprint density at radius 2 is 1.88 bits per heavy atom. The van der Waals surface area contributed by atoms with Crippen molar-refractivity contribution < 1.29 is 9.90 Å². The molecule has 0 saturated heterocycles. The van der Waals surface area contributed by atoms with Crippen molar-refractivity contribution in [1.29, 1.82) is 0 Å². The Bertz CT molecular complexity index is 882. The van der Waals surface area contributed by atoms with Gasteiger partial charge in [-0.15, -0.1) is 0 Å². The van der Waals surface area contributed by atoms with Gasteiger partial charge in [-0.3, -0.25) is 4.79 Å². The third-order valence-electron chi connectivity index (χ3n) is 4.42. The van der Waals surface area contributed by atoms with Crippen molar-refractivity contribution in [2.75, 3.05) is 0 Å². The van der Waals surface area contributed by atoms with Crippen LogP contribution in [0, 0.1) is 0 Å². The summed E-state index contributed by atoms with van der Waals surface area (Å²) in [5, 5.41) is 11.0. The Morgan fingerprint density at radius 3 is 2.64 bits per heavy atom. The number of hydrogen-bond acceptors (Lipinski definition) is 2. The standard InChI is InChI=1S/C21H22ClNO2/c1-15(24)7-6-12-23-14-18(17-9-3-5-11-20(17)23)21(25)13-16-8-2-4-10-19(16)22/h2-5,8-11,14-15,24H,6-7,12-13H2,1H3/t15-/m1/s1. The van der Waals surface area contributed by atoms with Gasteiger partial charge in [0.2, 0.25) is 0 Å². The molecule has 1 aromatic heterocycles. The lowest BCUT2D eigenvalue weighted by atomic mass is 10.0. The molecule has 0 aliphatic carbocycles. The van der Waals surface area contributed by atoms with Crippen molar-refractivity contribution in [3.8, 4) is 0 Å². The molecule has 0 fully saturated rings. The summed E-state index contributed by atoms with van der Waals surface area (Å²) in [6.45, 7) is 2.58. The van der Waals surface area contributed by atoms with Crippen LogP contribution in [0.25, 0.3) is 10.9 Å². The van der Waals surface area contributed by atoms with E-state index in [-0.39, 0.29) is 11.9 Å². The number of fused-ring (bicyclic) bond motifs is 1. The lowest BCUT2D eigenvalue weighted by Gasteiger charge is -2.06. The highest BCUT2D eigenvalue weighted by Crippen LogP contribution is 2.25. The molecule has 2 aromatic carbocycles. The molecule has 25 heavy (non-hydrogen) atoms. The molecule has 1 N–H and O–H groups in total. The number of aromatic nitrogens is 1. The molecule has 130 valence electrons. The van der Waals surface area contributed by atoms with Gasteiger partial charge in [0.05, 0.1) is 6.10 Å². The maximum Gasteiger partial charge on any atom is 0.169 e. The largest absolute Gasteiger partial charge is 0.393 e. The number of nitrogens with zero attached hydrogens (tertiary/aromatic N) is 1. The first-order valence-electron chi connectivity index (χ1n) is 8.59. The SMILES string of the molecule is C[C@@H](O)CCCn1cc(C(=O)Cc2ccccc2Cl)c2ccccc21. The smallest absolute Gasteiger partial charge is 0.169 e. The second kappa shape index (κ2) is 7.85. The van der Waals surface area contributed by atoms with Crippen LogP contribution >= 0.6 is 11.6 Å². The van der Waals surface area contributed by atoms with Crippen LogP contribution in [0.15, 0.2) is 54.7 Å². The number of hydrogen-bond donors (Lipinski definition) is 1. The summed E-state index contributed by atoms with van der Waals surface area (Å²) in [7, 11) is 0. The molecule has 0 aliphatic heterocycles. The summed E-state index contributed by atoms with van der Waals surface area (Å²) in [4.78, 5) is 12.9. The topological polar surface area (TPSA) is 42.2 Å². The van der Waals surface area contributed by atoms with Crippen LogP contribution in [-0.2, 0) is 13.0 Å². The minimum Gasteiger partial charge on any atom is -0.393 e. The van der Waals surface area contributed by atoms with E-state index in [1.54, 1.807) is 6.92 Å². The van der Waals surface area contributed by atoms with Crippen LogP contribution in [-0.4, -0.2) is 21.6 Å². The van der Waals surface area contributed by atoms with E-state index in [9.17, 15) is 9.90 Å².